The van der Waals surface area contributed by atoms with E-state index in [1.165, 1.54) is 38.5 Å². The van der Waals surface area contributed by atoms with E-state index in [4.69, 9.17) is 0 Å². The number of nitrogens with zero attached hydrogens (tertiary/aromatic N) is 1. The van der Waals surface area contributed by atoms with Crippen molar-refractivity contribution in [2.45, 2.75) is 63.8 Å². The van der Waals surface area contributed by atoms with E-state index in [0.717, 1.165) is 32.4 Å². The number of hydrogen-bond donors (Lipinski definition) is 2. The van der Waals surface area contributed by atoms with Crippen LogP contribution in [0.15, 0.2) is 0 Å². The molecule has 2 fully saturated rings. The SMILES string of the molecule is OCC1CCCCCN1CC1(CO)CCCCC1. The largest absolute Gasteiger partial charge is 0.396 e. The molecule has 0 radical (unpaired) electrons. The molecule has 1 atom stereocenters. The minimum atomic E-state index is 0.121. The summed E-state index contributed by atoms with van der Waals surface area (Å²) >= 11 is 0. The molecular weight excluding hydrogens is 226 g/mol. The van der Waals surface area contributed by atoms with E-state index in [1.54, 1.807) is 0 Å². The molecule has 1 aliphatic carbocycles. The van der Waals surface area contributed by atoms with Gasteiger partial charge in [0, 0.05) is 24.6 Å². The van der Waals surface area contributed by atoms with E-state index in [1.807, 2.05) is 0 Å². The van der Waals surface area contributed by atoms with E-state index in [-0.39, 0.29) is 12.0 Å². The number of aliphatic hydroxyl groups excluding tert-OH is 2. The molecule has 106 valence electrons. The van der Waals surface area contributed by atoms with Gasteiger partial charge in [-0.1, -0.05) is 32.1 Å². The number of hydrogen-bond acceptors (Lipinski definition) is 3. The van der Waals surface area contributed by atoms with Gasteiger partial charge in [-0.2, -0.15) is 0 Å². The van der Waals surface area contributed by atoms with Gasteiger partial charge in [0.25, 0.3) is 0 Å². The molecule has 2 rings (SSSR count). The van der Waals surface area contributed by atoms with Crippen LogP contribution in [-0.2, 0) is 0 Å². The Morgan fingerprint density at radius 3 is 2.33 bits per heavy atom. The summed E-state index contributed by atoms with van der Waals surface area (Å²) in [5, 5.41) is 19.4. The van der Waals surface area contributed by atoms with Crippen LogP contribution in [0.2, 0.25) is 0 Å². The van der Waals surface area contributed by atoms with E-state index < -0.39 is 0 Å². The standard InChI is InChI=1S/C15H29NO2/c17-11-14-7-3-1-6-10-16(14)12-15(13-18)8-4-2-5-9-15/h14,17-18H,1-13H2. The van der Waals surface area contributed by atoms with Crippen molar-refractivity contribution in [3.63, 3.8) is 0 Å². The third-order valence-corrected chi connectivity index (χ3v) is 5.00. The summed E-state index contributed by atoms with van der Waals surface area (Å²) in [4.78, 5) is 2.47. The van der Waals surface area contributed by atoms with E-state index in [2.05, 4.69) is 4.90 Å². The van der Waals surface area contributed by atoms with Gasteiger partial charge in [0.15, 0.2) is 0 Å². The Morgan fingerprint density at radius 1 is 0.944 bits per heavy atom. The lowest BCUT2D eigenvalue weighted by Gasteiger charge is -2.42. The Morgan fingerprint density at radius 2 is 1.67 bits per heavy atom. The highest BCUT2D eigenvalue weighted by Crippen LogP contribution is 2.37. The van der Waals surface area contributed by atoms with E-state index in [0.29, 0.717) is 12.6 Å². The maximum Gasteiger partial charge on any atom is 0.0586 e. The van der Waals surface area contributed by atoms with Gasteiger partial charge in [-0.25, -0.2) is 0 Å². The highest BCUT2D eigenvalue weighted by molar-refractivity contribution is 4.88. The molecule has 1 saturated carbocycles. The van der Waals surface area contributed by atoms with Gasteiger partial charge in [-0.15, -0.1) is 0 Å². The van der Waals surface area contributed by atoms with Crippen LogP contribution in [-0.4, -0.2) is 47.5 Å². The Hall–Kier alpha value is -0.120. The monoisotopic (exact) mass is 255 g/mol. The Bertz CT molecular complexity index is 239. The van der Waals surface area contributed by atoms with Gasteiger partial charge in [-0.05, 0) is 32.2 Å². The van der Waals surface area contributed by atoms with Crippen LogP contribution in [0.4, 0.5) is 0 Å². The molecule has 0 amide bonds. The van der Waals surface area contributed by atoms with Crippen LogP contribution in [0.25, 0.3) is 0 Å². The first-order chi connectivity index (χ1) is 8.79. The Kier molecular flexibility index (Phi) is 5.46. The molecule has 0 aromatic rings. The Labute approximate surface area is 111 Å². The van der Waals surface area contributed by atoms with Crippen molar-refractivity contribution >= 4 is 0 Å². The molecule has 1 aliphatic heterocycles. The second-order valence-corrected chi connectivity index (χ2v) is 6.37. The first-order valence-electron chi connectivity index (χ1n) is 7.75. The number of likely N-dealkylation sites (tertiary alicyclic amines) is 1. The molecule has 2 N–H and O–H groups in total. The zero-order chi connectivity index (χ0) is 12.8. The zero-order valence-corrected chi connectivity index (χ0v) is 11.6. The second kappa shape index (κ2) is 6.88. The molecule has 0 bridgehead atoms. The van der Waals surface area contributed by atoms with Gasteiger partial charge in [0.2, 0.25) is 0 Å². The average Bonchev–Trinajstić information content (AvgIpc) is 2.65. The second-order valence-electron chi connectivity index (χ2n) is 6.37. The van der Waals surface area contributed by atoms with Crippen molar-refractivity contribution in [3.8, 4) is 0 Å². The number of aliphatic hydroxyl groups is 2. The van der Waals surface area contributed by atoms with E-state index in [9.17, 15) is 10.2 Å². The summed E-state index contributed by atoms with van der Waals surface area (Å²) in [6.07, 6.45) is 11.1. The molecular formula is C15H29NO2. The van der Waals surface area contributed by atoms with E-state index >= 15 is 0 Å². The Balaban J connectivity index is 1.99. The quantitative estimate of drug-likeness (QED) is 0.809. The lowest BCUT2D eigenvalue weighted by molar-refractivity contribution is 0.0145. The fraction of sp³-hybridized carbons (Fsp3) is 1.00. The summed E-state index contributed by atoms with van der Waals surface area (Å²) in [5.41, 5.74) is 0.121. The lowest BCUT2D eigenvalue weighted by atomic mass is 9.74. The lowest BCUT2D eigenvalue weighted by Crippen LogP contribution is -2.47. The summed E-state index contributed by atoms with van der Waals surface area (Å²) in [6, 6.07) is 0.331. The summed E-state index contributed by atoms with van der Waals surface area (Å²) in [5.74, 6) is 0. The molecule has 3 heteroatoms. The normalized spacial score (nSPS) is 30.0. The summed E-state index contributed by atoms with van der Waals surface area (Å²) < 4.78 is 0. The smallest absolute Gasteiger partial charge is 0.0586 e. The summed E-state index contributed by atoms with van der Waals surface area (Å²) in [7, 11) is 0. The highest BCUT2D eigenvalue weighted by Gasteiger charge is 2.35. The van der Waals surface area contributed by atoms with Gasteiger partial charge in [-0.3, -0.25) is 4.90 Å². The van der Waals surface area contributed by atoms with Crippen LogP contribution < -0.4 is 0 Å². The highest BCUT2D eigenvalue weighted by atomic mass is 16.3. The number of rotatable bonds is 4. The maximum atomic E-state index is 9.81. The maximum absolute atomic E-state index is 9.81. The van der Waals surface area contributed by atoms with Crippen molar-refractivity contribution < 1.29 is 10.2 Å². The van der Waals surface area contributed by atoms with Crippen LogP contribution >= 0.6 is 0 Å². The molecule has 0 aromatic carbocycles. The van der Waals surface area contributed by atoms with Gasteiger partial charge >= 0.3 is 0 Å². The third-order valence-electron chi connectivity index (χ3n) is 5.00. The molecule has 1 saturated heterocycles. The minimum Gasteiger partial charge on any atom is -0.396 e. The van der Waals surface area contributed by atoms with Crippen molar-refractivity contribution in [1.29, 1.82) is 0 Å². The van der Waals surface area contributed by atoms with Crippen LogP contribution in [0.5, 0.6) is 0 Å². The fourth-order valence-corrected chi connectivity index (χ4v) is 3.75. The molecule has 18 heavy (non-hydrogen) atoms. The third kappa shape index (κ3) is 3.46. The predicted octanol–water partition coefficient (Wildman–Crippen LogP) is 2.17. The first-order valence-corrected chi connectivity index (χ1v) is 7.75. The summed E-state index contributed by atoms with van der Waals surface area (Å²) in [6.45, 7) is 2.70. The topological polar surface area (TPSA) is 43.7 Å². The zero-order valence-electron chi connectivity index (χ0n) is 11.6. The molecule has 1 heterocycles. The average molecular weight is 255 g/mol. The van der Waals surface area contributed by atoms with Gasteiger partial charge < -0.3 is 10.2 Å². The van der Waals surface area contributed by atoms with Crippen LogP contribution in [0.3, 0.4) is 0 Å². The molecule has 1 unspecified atom stereocenters. The van der Waals surface area contributed by atoms with Gasteiger partial charge in [0.05, 0.1) is 6.61 Å². The van der Waals surface area contributed by atoms with Crippen molar-refractivity contribution in [2.24, 2.45) is 5.41 Å². The minimum absolute atomic E-state index is 0.121. The van der Waals surface area contributed by atoms with Crippen molar-refractivity contribution in [2.75, 3.05) is 26.3 Å². The molecule has 0 aromatic heterocycles. The first kappa shape index (κ1) is 14.3. The van der Waals surface area contributed by atoms with Crippen molar-refractivity contribution in [1.82, 2.24) is 4.90 Å². The molecule has 2 aliphatic rings. The molecule has 0 spiro atoms. The van der Waals surface area contributed by atoms with Crippen LogP contribution in [0, 0.1) is 5.41 Å². The van der Waals surface area contributed by atoms with Crippen molar-refractivity contribution in [3.05, 3.63) is 0 Å². The fourth-order valence-electron chi connectivity index (χ4n) is 3.75. The molecule has 3 nitrogen and oxygen atoms in total. The van der Waals surface area contributed by atoms with Gasteiger partial charge in [0.1, 0.15) is 0 Å². The predicted molar refractivity (Wildman–Crippen MR) is 73.5 cm³/mol. The van der Waals surface area contributed by atoms with Crippen LogP contribution in [0.1, 0.15) is 57.8 Å².